The van der Waals surface area contributed by atoms with Crippen molar-refractivity contribution in [1.82, 2.24) is 0 Å². The molecule has 0 aromatic heterocycles. The van der Waals surface area contributed by atoms with Crippen LogP contribution in [0.2, 0.25) is 0 Å². The van der Waals surface area contributed by atoms with E-state index in [4.69, 9.17) is 51.6 Å². The molecule has 0 heterocycles. The van der Waals surface area contributed by atoms with Gasteiger partial charge in [0, 0.05) is 6.42 Å². The summed E-state index contributed by atoms with van der Waals surface area (Å²) in [6, 6.07) is 0. The Labute approximate surface area is 170 Å². The van der Waals surface area contributed by atoms with Crippen LogP contribution in [0, 0.1) is 0 Å². The molecular weight excluding hydrogens is 375 g/mol. The lowest BCUT2D eigenvalue weighted by atomic mass is 10.0. The first-order valence-corrected chi connectivity index (χ1v) is 11.3. The van der Waals surface area contributed by atoms with Crippen LogP contribution in [0.25, 0.3) is 0 Å². The molecule has 25 heavy (non-hydrogen) atoms. The average molecular weight is 413 g/mol. The van der Waals surface area contributed by atoms with E-state index in [-0.39, 0.29) is 0 Å². The molecule has 0 aliphatic rings. The Kier molecular flexibility index (Phi) is 18.1. The number of thiocarbonyl (C=S) groups is 1. The Balaban J connectivity index is 3.39. The van der Waals surface area contributed by atoms with Gasteiger partial charge in [-0.15, -0.1) is 23.2 Å². The summed E-state index contributed by atoms with van der Waals surface area (Å²) in [4.78, 5) is 0. The molecule has 0 amide bonds. The third-order valence-electron chi connectivity index (χ3n) is 4.38. The van der Waals surface area contributed by atoms with Crippen LogP contribution in [0.5, 0.6) is 0 Å². The number of ether oxygens (including phenoxy) is 1. The second-order valence-corrected chi connectivity index (χ2v) is 8.30. The molecule has 0 rings (SSSR count). The van der Waals surface area contributed by atoms with E-state index in [1.165, 1.54) is 77.0 Å². The van der Waals surface area contributed by atoms with Crippen LogP contribution in [0.1, 0.15) is 96.8 Å². The summed E-state index contributed by atoms with van der Waals surface area (Å²) in [7, 11) is 0. The molecule has 0 saturated heterocycles. The zero-order valence-electron chi connectivity index (χ0n) is 15.9. The van der Waals surface area contributed by atoms with E-state index < -0.39 is 17.1 Å². The molecule has 0 radical (unpaired) electrons. The molecule has 6 heteroatoms. The van der Waals surface area contributed by atoms with E-state index in [1.54, 1.807) is 0 Å². The van der Waals surface area contributed by atoms with Crippen LogP contribution >= 0.6 is 35.4 Å². The topological polar surface area (TPSA) is 61.3 Å². The molecule has 0 fully saturated rings. The molecule has 0 aliphatic heterocycles. The van der Waals surface area contributed by atoms with E-state index in [1.807, 2.05) is 0 Å². The smallest absolute Gasteiger partial charge is 0.160 e. The summed E-state index contributed by atoms with van der Waals surface area (Å²) < 4.78 is 5.50. The standard InChI is InChI=1S/C19H38Cl2N2OS/c1-2-3-4-5-6-7-8-9-10-11-12-13-14-15-16(25)24-17(18(20)22)19(21)23/h17-19H,2-15,22-23H2,1H3. The number of alkyl halides is 2. The molecule has 2 unspecified atom stereocenters. The number of unbranched alkanes of at least 4 members (excludes halogenated alkanes) is 12. The first kappa shape index (κ1) is 25.4. The molecule has 0 aromatic carbocycles. The van der Waals surface area contributed by atoms with Crippen LogP contribution in [0.4, 0.5) is 0 Å². The molecule has 0 aromatic rings. The largest absolute Gasteiger partial charge is 0.478 e. The Morgan fingerprint density at radius 2 is 1.12 bits per heavy atom. The quantitative estimate of drug-likeness (QED) is 0.128. The molecule has 150 valence electrons. The van der Waals surface area contributed by atoms with Gasteiger partial charge in [0.1, 0.15) is 11.0 Å². The fourth-order valence-corrected chi connectivity index (χ4v) is 3.55. The van der Waals surface area contributed by atoms with Gasteiger partial charge in [-0.1, -0.05) is 84.0 Å². The van der Waals surface area contributed by atoms with Gasteiger partial charge >= 0.3 is 0 Å². The van der Waals surface area contributed by atoms with Crippen LogP contribution < -0.4 is 11.5 Å². The average Bonchev–Trinajstić information content (AvgIpc) is 2.56. The predicted molar refractivity (Wildman–Crippen MR) is 115 cm³/mol. The number of halogens is 2. The Hall–Kier alpha value is 0.390. The normalized spacial score (nSPS) is 14.9. The second-order valence-electron chi connectivity index (χ2n) is 6.84. The molecule has 0 saturated carbocycles. The Morgan fingerprint density at radius 1 is 0.760 bits per heavy atom. The van der Waals surface area contributed by atoms with E-state index in [2.05, 4.69) is 6.92 Å². The van der Waals surface area contributed by atoms with Gasteiger partial charge in [-0.3, -0.25) is 0 Å². The lowest BCUT2D eigenvalue weighted by Crippen LogP contribution is -2.44. The summed E-state index contributed by atoms with van der Waals surface area (Å²) in [5, 5.41) is 0.500. The molecule has 0 spiro atoms. The van der Waals surface area contributed by atoms with E-state index in [0.29, 0.717) is 5.05 Å². The summed E-state index contributed by atoms with van der Waals surface area (Å²) in [5.74, 6) is 0. The van der Waals surface area contributed by atoms with Crippen molar-refractivity contribution < 1.29 is 4.74 Å². The van der Waals surface area contributed by atoms with Gasteiger partial charge in [0.15, 0.2) is 11.2 Å². The highest BCUT2D eigenvalue weighted by Gasteiger charge is 2.24. The Morgan fingerprint density at radius 3 is 1.48 bits per heavy atom. The summed E-state index contributed by atoms with van der Waals surface area (Å²) in [6.07, 6.45) is 17.3. The predicted octanol–water partition coefficient (Wildman–Crippen LogP) is 6.23. The SMILES string of the molecule is CCCCCCCCCCCCCCCC(=S)OC(C(N)Cl)C(N)Cl. The first-order chi connectivity index (χ1) is 12.0. The first-order valence-electron chi connectivity index (χ1n) is 9.97. The summed E-state index contributed by atoms with van der Waals surface area (Å²) >= 11 is 16.8. The molecular formula is C19H38Cl2N2OS. The molecule has 2 atom stereocenters. The van der Waals surface area contributed by atoms with Gasteiger partial charge < -0.3 is 16.2 Å². The molecule has 4 N–H and O–H groups in total. The van der Waals surface area contributed by atoms with Crippen molar-refractivity contribution in [3.63, 3.8) is 0 Å². The van der Waals surface area contributed by atoms with Gasteiger partial charge in [0.05, 0.1) is 0 Å². The van der Waals surface area contributed by atoms with Gasteiger partial charge in [-0.25, -0.2) is 0 Å². The highest BCUT2D eigenvalue weighted by atomic mass is 35.5. The number of hydrogen-bond acceptors (Lipinski definition) is 4. The van der Waals surface area contributed by atoms with Crippen molar-refractivity contribution in [1.29, 1.82) is 0 Å². The summed E-state index contributed by atoms with van der Waals surface area (Å²) in [6.45, 7) is 2.27. The third-order valence-corrected chi connectivity index (χ3v) is 5.18. The van der Waals surface area contributed by atoms with E-state index in [9.17, 15) is 0 Å². The minimum atomic E-state index is -0.753. The van der Waals surface area contributed by atoms with Gasteiger partial charge in [0.25, 0.3) is 0 Å². The monoisotopic (exact) mass is 412 g/mol. The maximum absolute atomic E-state index is 5.80. The van der Waals surface area contributed by atoms with Gasteiger partial charge in [0.2, 0.25) is 0 Å². The zero-order valence-corrected chi connectivity index (χ0v) is 18.2. The highest BCUT2D eigenvalue weighted by molar-refractivity contribution is 7.80. The molecule has 0 aliphatic carbocycles. The maximum Gasteiger partial charge on any atom is 0.160 e. The van der Waals surface area contributed by atoms with E-state index in [0.717, 1.165) is 12.8 Å². The fraction of sp³-hybridized carbons (Fsp3) is 0.947. The van der Waals surface area contributed by atoms with Crippen LogP contribution in [0.3, 0.4) is 0 Å². The lowest BCUT2D eigenvalue weighted by Gasteiger charge is -2.23. The van der Waals surface area contributed by atoms with Crippen LogP contribution in [0.15, 0.2) is 0 Å². The van der Waals surface area contributed by atoms with Crippen molar-refractivity contribution >= 4 is 40.5 Å². The number of rotatable bonds is 17. The van der Waals surface area contributed by atoms with Crippen molar-refractivity contribution in [3.05, 3.63) is 0 Å². The fourth-order valence-electron chi connectivity index (χ4n) is 2.80. The van der Waals surface area contributed by atoms with Crippen molar-refractivity contribution in [2.24, 2.45) is 11.5 Å². The van der Waals surface area contributed by atoms with Gasteiger partial charge in [-0.2, -0.15) is 0 Å². The maximum atomic E-state index is 5.80. The summed E-state index contributed by atoms with van der Waals surface area (Å²) in [5.41, 5.74) is 9.65. The van der Waals surface area contributed by atoms with Crippen molar-refractivity contribution in [2.75, 3.05) is 0 Å². The highest BCUT2D eigenvalue weighted by Crippen LogP contribution is 2.15. The van der Waals surface area contributed by atoms with Crippen molar-refractivity contribution in [3.8, 4) is 0 Å². The van der Waals surface area contributed by atoms with E-state index >= 15 is 0 Å². The molecule has 0 bridgehead atoms. The third kappa shape index (κ3) is 16.3. The minimum absolute atomic E-state index is 0.500. The molecule has 3 nitrogen and oxygen atoms in total. The minimum Gasteiger partial charge on any atom is -0.478 e. The lowest BCUT2D eigenvalue weighted by molar-refractivity contribution is 0.179. The van der Waals surface area contributed by atoms with Crippen molar-refractivity contribution in [2.45, 2.75) is 114 Å². The second kappa shape index (κ2) is 17.8. The van der Waals surface area contributed by atoms with Crippen LogP contribution in [-0.2, 0) is 4.74 Å². The van der Waals surface area contributed by atoms with Gasteiger partial charge in [-0.05, 0) is 18.6 Å². The Bertz CT molecular complexity index is 310. The van der Waals surface area contributed by atoms with Crippen LogP contribution in [-0.4, -0.2) is 22.2 Å². The number of nitrogens with two attached hydrogens (primary N) is 2. The zero-order chi connectivity index (χ0) is 18.9. The number of hydrogen-bond donors (Lipinski definition) is 2.